The normalized spacial score (nSPS) is 11.8. The van der Waals surface area contributed by atoms with Crippen molar-refractivity contribution >= 4 is 5.97 Å². The number of hydrogen-bond donors (Lipinski definition) is 0. The summed E-state index contributed by atoms with van der Waals surface area (Å²) in [6.07, 6.45) is 12.6. The largest absolute Gasteiger partial charge is 0.464 e. The van der Waals surface area contributed by atoms with Gasteiger partial charge in [0.2, 0.25) is 0 Å². The van der Waals surface area contributed by atoms with Gasteiger partial charge >= 0.3 is 5.97 Å². The topological polar surface area (TPSA) is 35.5 Å². The molecule has 0 saturated heterocycles. The molecule has 0 aliphatic rings. The van der Waals surface area contributed by atoms with Gasteiger partial charge in [0.25, 0.3) is 0 Å². The molecule has 0 aliphatic carbocycles. The zero-order valence-corrected chi connectivity index (χ0v) is 12.9. The molecule has 0 heterocycles. The standard InChI is InChI=1S/C17H30O3/c1-4-6-7-8-9-10-11-12-13-15-20-17(18)16(3)19-14-5-2/h4-5,16H,1-2,6-15H2,3H3/t16-/m0/s1. The molecular formula is C17H30O3. The molecule has 0 spiro atoms. The van der Waals surface area contributed by atoms with Crippen LogP contribution in [0.5, 0.6) is 0 Å². The van der Waals surface area contributed by atoms with E-state index in [4.69, 9.17) is 9.47 Å². The Morgan fingerprint density at radius 1 is 1.00 bits per heavy atom. The highest BCUT2D eigenvalue weighted by Crippen LogP contribution is 2.09. The fraction of sp³-hybridized carbons (Fsp3) is 0.706. The smallest absolute Gasteiger partial charge is 0.334 e. The van der Waals surface area contributed by atoms with Crippen LogP contribution in [-0.4, -0.2) is 25.3 Å². The number of carbonyl (C=O) groups excluding carboxylic acids is 1. The van der Waals surface area contributed by atoms with Crippen molar-refractivity contribution in [2.24, 2.45) is 0 Å². The van der Waals surface area contributed by atoms with Crippen molar-refractivity contribution in [2.75, 3.05) is 13.2 Å². The summed E-state index contributed by atoms with van der Waals surface area (Å²) in [6.45, 7) is 9.83. The first-order chi connectivity index (χ1) is 9.72. The first kappa shape index (κ1) is 18.9. The van der Waals surface area contributed by atoms with Crippen LogP contribution in [0.25, 0.3) is 0 Å². The van der Waals surface area contributed by atoms with Crippen molar-refractivity contribution in [2.45, 2.75) is 64.4 Å². The highest BCUT2D eigenvalue weighted by molar-refractivity contribution is 5.74. The second-order valence-corrected chi connectivity index (χ2v) is 4.98. The molecule has 0 radical (unpaired) electrons. The Bertz CT molecular complexity index is 261. The van der Waals surface area contributed by atoms with Crippen molar-refractivity contribution in [1.29, 1.82) is 0 Å². The summed E-state index contributed by atoms with van der Waals surface area (Å²) in [5, 5.41) is 0. The van der Waals surface area contributed by atoms with E-state index in [9.17, 15) is 4.79 Å². The van der Waals surface area contributed by atoms with Gasteiger partial charge in [0.1, 0.15) is 0 Å². The van der Waals surface area contributed by atoms with E-state index in [0.29, 0.717) is 13.2 Å². The lowest BCUT2D eigenvalue weighted by Crippen LogP contribution is -2.23. The molecular weight excluding hydrogens is 252 g/mol. The summed E-state index contributed by atoms with van der Waals surface area (Å²) < 4.78 is 10.3. The molecule has 0 unspecified atom stereocenters. The van der Waals surface area contributed by atoms with Crippen LogP contribution in [0.3, 0.4) is 0 Å². The maximum absolute atomic E-state index is 11.5. The van der Waals surface area contributed by atoms with Gasteiger partial charge in [0.15, 0.2) is 6.10 Å². The third-order valence-corrected chi connectivity index (χ3v) is 3.09. The van der Waals surface area contributed by atoms with Gasteiger partial charge in [-0.05, 0) is 26.2 Å². The minimum atomic E-state index is -0.502. The Balaban J connectivity index is 3.28. The van der Waals surface area contributed by atoms with E-state index < -0.39 is 6.10 Å². The van der Waals surface area contributed by atoms with E-state index in [1.807, 2.05) is 6.08 Å². The molecule has 0 N–H and O–H groups in total. The van der Waals surface area contributed by atoms with Gasteiger partial charge in [0, 0.05) is 0 Å². The van der Waals surface area contributed by atoms with E-state index in [2.05, 4.69) is 13.2 Å². The lowest BCUT2D eigenvalue weighted by Gasteiger charge is -2.11. The predicted octanol–water partition coefficient (Wildman–Crippen LogP) is 4.43. The molecule has 3 nitrogen and oxygen atoms in total. The van der Waals surface area contributed by atoms with Gasteiger partial charge in [-0.15, -0.1) is 13.2 Å². The van der Waals surface area contributed by atoms with Gasteiger partial charge < -0.3 is 9.47 Å². The van der Waals surface area contributed by atoms with Crippen LogP contribution in [-0.2, 0) is 14.3 Å². The first-order valence-electron chi connectivity index (χ1n) is 7.72. The second kappa shape index (κ2) is 14.3. The molecule has 20 heavy (non-hydrogen) atoms. The number of carbonyl (C=O) groups is 1. The average molecular weight is 282 g/mol. The molecule has 0 aromatic rings. The van der Waals surface area contributed by atoms with E-state index in [1.165, 1.54) is 32.1 Å². The summed E-state index contributed by atoms with van der Waals surface area (Å²) in [7, 11) is 0. The summed E-state index contributed by atoms with van der Waals surface area (Å²) in [6, 6.07) is 0. The van der Waals surface area contributed by atoms with E-state index in [0.717, 1.165) is 19.3 Å². The van der Waals surface area contributed by atoms with Crippen LogP contribution >= 0.6 is 0 Å². The Morgan fingerprint density at radius 3 is 2.20 bits per heavy atom. The second-order valence-electron chi connectivity index (χ2n) is 4.98. The quantitative estimate of drug-likeness (QED) is 0.269. The van der Waals surface area contributed by atoms with Crippen LogP contribution in [0.15, 0.2) is 25.3 Å². The zero-order chi connectivity index (χ0) is 15.1. The van der Waals surface area contributed by atoms with E-state index >= 15 is 0 Å². The number of rotatable bonds is 14. The van der Waals surface area contributed by atoms with Gasteiger partial charge in [-0.3, -0.25) is 0 Å². The Labute approximate surface area is 124 Å². The molecule has 0 aromatic heterocycles. The third-order valence-electron chi connectivity index (χ3n) is 3.09. The number of hydrogen-bond acceptors (Lipinski definition) is 3. The van der Waals surface area contributed by atoms with E-state index in [-0.39, 0.29) is 5.97 Å². The number of allylic oxidation sites excluding steroid dienone is 1. The molecule has 0 rings (SSSR count). The predicted molar refractivity (Wildman–Crippen MR) is 83.7 cm³/mol. The van der Waals surface area contributed by atoms with Crippen LogP contribution in [0, 0.1) is 0 Å². The van der Waals surface area contributed by atoms with Crippen LogP contribution in [0.2, 0.25) is 0 Å². The maximum atomic E-state index is 11.5. The monoisotopic (exact) mass is 282 g/mol. The lowest BCUT2D eigenvalue weighted by molar-refractivity contribution is -0.155. The summed E-state index contributed by atoms with van der Waals surface area (Å²) >= 11 is 0. The van der Waals surface area contributed by atoms with Crippen LogP contribution < -0.4 is 0 Å². The first-order valence-corrected chi connectivity index (χ1v) is 7.72. The molecule has 0 fully saturated rings. The SMILES string of the molecule is C=CCCCCCCCCCOC(=O)[C@H](C)OCC=C. The van der Waals surface area contributed by atoms with Crippen molar-refractivity contribution in [3.63, 3.8) is 0 Å². The Kier molecular flexibility index (Phi) is 13.5. The maximum Gasteiger partial charge on any atom is 0.334 e. The molecule has 0 amide bonds. The Morgan fingerprint density at radius 2 is 1.60 bits per heavy atom. The van der Waals surface area contributed by atoms with Crippen molar-refractivity contribution in [3.05, 3.63) is 25.3 Å². The fourth-order valence-electron chi connectivity index (χ4n) is 1.85. The minimum absolute atomic E-state index is 0.281. The van der Waals surface area contributed by atoms with Crippen LogP contribution in [0.4, 0.5) is 0 Å². The molecule has 116 valence electrons. The minimum Gasteiger partial charge on any atom is -0.464 e. The van der Waals surface area contributed by atoms with Crippen molar-refractivity contribution in [1.82, 2.24) is 0 Å². The molecule has 0 aliphatic heterocycles. The Hall–Kier alpha value is -1.09. The highest BCUT2D eigenvalue weighted by Gasteiger charge is 2.13. The number of unbranched alkanes of at least 4 members (excludes halogenated alkanes) is 7. The zero-order valence-electron chi connectivity index (χ0n) is 12.9. The van der Waals surface area contributed by atoms with Gasteiger partial charge in [-0.25, -0.2) is 4.79 Å². The van der Waals surface area contributed by atoms with Gasteiger partial charge in [-0.2, -0.15) is 0 Å². The van der Waals surface area contributed by atoms with Crippen molar-refractivity contribution < 1.29 is 14.3 Å². The molecule has 1 atom stereocenters. The number of esters is 1. The summed E-state index contributed by atoms with van der Waals surface area (Å²) in [5.41, 5.74) is 0. The van der Waals surface area contributed by atoms with E-state index in [1.54, 1.807) is 13.0 Å². The third kappa shape index (κ3) is 12.0. The van der Waals surface area contributed by atoms with Crippen LogP contribution in [0.1, 0.15) is 58.3 Å². The van der Waals surface area contributed by atoms with Gasteiger partial charge in [0.05, 0.1) is 13.2 Å². The molecule has 3 heteroatoms. The number of ether oxygens (including phenoxy) is 2. The van der Waals surface area contributed by atoms with Gasteiger partial charge in [-0.1, -0.05) is 44.3 Å². The molecule has 0 aromatic carbocycles. The lowest BCUT2D eigenvalue weighted by atomic mass is 10.1. The molecule has 0 saturated carbocycles. The highest BCUT2D eigenvalue weighted by atomic mass is 16.6. The molecule has 0 bridgehead atoms. The average Bonchev–Trinajstić information content (AvgIpc) is 2.46. The summed E-state index contributed by atoms with van der Waals surface area (Å²) in [5.74, 6) is -0.281. The van der Waals surface area contributed by atoms with Crippen molar-refractivity contribution in [3.8, 4) is 0 Å². The summed E-state index contributed by atoms with van der Waals surface area (Å²) in [4.78, 5) is 11.5. The fourth-order valence-corrected chi connectivity index (χ4v) is 1.85.